The van der Waals surface area contributed by atoms with E-state index in [2.05, 4.69) is 21.2 Å². The molecule has 0 radical (unpaired) electrons. The van der Waals surface area contributed by atoms with Crippen LogP contribution in [0.25, 0.3) is 0 Å². The molecule has 10 heteroatoms. The maximum atomic E-state index is 13.8. The minimum atomic E-state index is -4.13. The first-order chi connectivity index (χ1) is 18.0. The van der Waals surface area contributed by atoms with Crippen LogP contribution in [0.3, 0.4) is 0 Å². The number of amides is 2. The average Bonchev–Trinajstić information content (AvgIpc) is 2.91. The Hall–Kier alpha value is -2.88. The summed E-state index contributed by atoms with van der Waals surface area (Å²) >= 11 is 9.38. The largest absolute Gasteiger partial charge is 0.352 e. The van der Waals surface area contributed by atoms with Crippen LogP contribution in [-0.2, 0) is 26.2 Å². The molecular weight excluding hydrogens is 590 g/mol. The van der Waals surface area contributed by atoms with Gasteiger partial charge in [-0.3, -0.25) is 13.9 Å². The molecule has 2 amide bonds. The molecule has 38 heavy (non-hydrogen) atoms. The third kappa shape index (κ3) is 7.58. The summed E-state index contributed by atoms with van der Waals surface area (Å²) < 4.78 is 29.4. The summed E-state index contributed by atoms with van der Waals surface area (Å²) in [6.07, 6.45) is 0.736. The number of sulfonamides is 1. The van der Waals surface area contributed by atoms with Crippen molar-refractivity contribution in [2.24, 2.45) is 0 Å². The van der Waals surface area contributed by atoms with Gasteiger partial charge in [-0.2, -0.15) is 0 Å². The second-order valence-corrected chi connectivity index (χ2v) is 12.2. The molecule has 0 heterocycles. The number of hydrogen-bond donors (Lipinski definition) is 1. The first-order valence-electron chi connectivity index (χ1n) is 12.2. The van der Waals surface area contributed by atoms with Gasteiger partial charge in [0.1, 0.15) is 12.6 Å². The smallest absolute Gasteiger partial charge is 0.264 e. The maximum Gasteiger partial charge on any atom is 0.264 e. The van der Waals surface area contributed by atoms with Crippen molar-refractivity contribution in [2.45, 2.75) is 50.7 Å². The fraction of sp³-hybridized carbons (Fsp3) is 0.286. The van der Waals surface area contributed by atoms with Gasteiger partial charge in [-0.15, -0.1) is 0 Å². The van der Waals surface area contributed by atoms with Crippen LogP contribution in [0.5, 0.6) is 0 Å². The van der Waals surface area contributed by atoms with Crippen LogP contribution in [0.2, 0.25) is 5.02 Å². The summed E-state index contributed by atoms with van der Waals surface area (Å²) in [5.41, 5.74) is 1.13. The van der Waals surface area contributed by atoms with E-state index in [1.54, 1.807) is 37.3 Å². The van der Waals surface area contributed by atoms with Gasteiger partial charge in [0.2, 0.25) is 11.8 Å². The third-order valence-corrected chi connectivity index (χ3v) is 8.73. The zero-order valence-electron chi connectivity index (χ0n) is 21.5. The summed E-state index contributed by atoms with van der Waals surface area (Å²) in [6.45, 7) is 5.13. The Labute approximate surface area is 238 Å². The zero-order valence-corrected chi connectivity index (χ0v) is 24.6. The summed E-state index contributed by atoms with van der Waals surface area (Å²) in [5, 5.41) is 3.32. The fourth-order valence-corrected chi connectivity index (χ4v) is 5.50. The van der Waals surface area contributed by atoms with E-state index in [1.807, 2.05) is 38.1 Å². The van der Waals surface area contributed by atoms with Crippen LogP contribution in [0.1, 0.15) is 32.8 Å². The van der Waals surface area contributed by atoms with E-state index in [1.165, 1.54) is 29.2 Å². The van der Waals surface area contributed by atoms with Gasteiger partial charge in [0.15, 0.2) is 0 Å². The highest BCUT2D eigenvalue weighted by molar-refractivity contribution is 9.10. The van der Waals surface area contributed by atoms with Gasteiger partial charge in [0.05, 0.1) is 10.6 Å². The molecule has 7 nitrogen and oxygen atoms in total. The number of para-hydroxylation sites is 1. The SMILES string of the molecule is CC[C@@H](C)NC(=O)[C@@H](C)N(Cc1ccc(Br)cc1)C(=O)CN(c1ccccc1)S(=O)(=O)c1ccc(Cl)cc1. The average molecular weight is 621 g/mol. The van der Waals surface area contributed by atoms with Crippen LogP contribution < -0.4 is 9.62 Å². The maximum absolute atomic E-state index is 13.8. The molecule has 0 spiro atoms. The van der Waals surface area contributed by atoms with E-state index in [9.17, 15) is 18.0 Å². The molecule has 2 atom stereocenters. The van der Waals surface area contributed by atoms with Crippen molar-refractivity contribution in [1.82, 2.24) is 10.2 Å². The topological polar surface area (TPSA) is 86.8 Å². The van der Waals surface area contributed by atoms with Crippen LogP contribution in [0.15, 0.2) is 88.2 Å². The van der Waals surface area contributed by atoms with Crippen molar-refractivity contribution in [3.05, 3.63) is 93.9 Å². The standard InChI is InChI=1S/C28H31BrClN3O4S/c1-4-20(2)31-28(35)21(3)32(18-22-10-12-23(29)13-11-22)27(34)19-33(25-8-6-5-7-9-25)38(36,37)26-16-14-24(30)15-17-26/h5-17,20-21H,4,18-19H2,1-3H3,(H,31,35)/t20-,21-/m1/s1. The van der Waals surface area contributed by atoms with Gasteiger partial charge < -0.3 is 10.2 Å². The highest BCUT2D eigenvalue weighted by Crippen LogP contribution is 2.25. The second-order valence-electron chi connectivity index (χ2n) is 8.94. The highest BCUT2D eigenvalue weighted by Gasteiger charge is 2.32. The van der Waals surface area contributed by atoms with Gasteiger partial charge >= 0.3 is 0 Å². The van der Waals surface area contributed by atoms with E-state index in [0.717, 1.165) is 20.8 Å². The predicted molar refractivity (Wildman–Crippen MR) is 154 cm³/mol. The lowest BCUT2D eigenvalue weighted by molar-refractivity contribution is -0.139. The fourth-order valence-electron chi connectivity index (χ4n) is 3.69. The molecule has 3 aromatic carbocycles. The molecule has 0 fully saturated rings. The molecular formula is C28H31BrClN3O4S. The van der Waals surface area contributed by atoms with E-state index in [0.29, 0.717) is 10.7 Å². The highest BCUT2D eigenvalue weighted by atomic mass is 79.9. The third-order valence-electron chi connectivity index (χ3n) is 6.16. The van der Waals surface area contributed by atoms with Crippen LogP contribution in [-0.4, -0.2) is 43.8 Å². The van der Waals surface area contributed by atoms with Gasteiger partial charge in [-0.05, 0) is 74.4 Å². The van der Waals surface area contributed by atoms with Crippen LogP contribution in [0.4, 0.5) is 5.69 Å². The molecule has 0 aromatic heterocycles. The summed E-state index contributed by atoms with van der Waals surface area (Å²) in [4.78, 5) is 28.3. The van der Waals surface area contributed by atoms with Crippen molar-refractivity contribution in [1.29, 1.82) is 0 Å². The molecule has 3 rings (SSSR count). The second kappa shape index (κ2) is 13.3. The van der Waals surface area contributed by atoms with Crippen LogP contribution in [0, 0.1) is 0 Å². The predicted octanol–water partition coefficient (Wildman–Crippen LogP) is 5.63. The molecule has 0 aliphatic rings. The minimum absolute atomic E-state index is 0.000532. The zero-order chi connectivity index (χ0) is 27.9. The van der Waals surface area contributed by atoms with Gasteiger partial charge in [-0.1, -0.05) is 64.8 Å². The number of carbonyl (C=O) groups excluding carboxylic acids is 2. The monoisotopic (exact) mass is 619 g/mol. The van der Waals surface area contributed by atoms with Gasteiger partial charge in [0, 0.05) is 22.1 Å². The number of nitrogens with one attached hydrogen (secondary N) is 1. The molecule has 0 saturated heterocycles. The number of carbonyl (C=O) groups is 2. The first kappa shape index (κ1) is 29.7. The molecule has 3 aromatic rings. The number of anilines is 1. The molecule has 202 valence electrons. The first-order valence-corrected chi connectivity index (χ1v) is 14.8. The number of benzene rings is 3. The minimum Gasteiger partial charge on any atom is -0.352 e. The Morgan fingerprint density at radius 3 is 2.13 bits per heavy atom. The lowest BCUT2D eigenvalue weighted by atomic mass is 10.1. The Morgan fingerprint density at radius 1 is 0.947 bits per heavy atom. The van der Waals surface area contributed by atoms with Crippen molar-refractivity contribution in [3.8, 4) is 0 Å². The number of hydrogen-bond acceptors (Lipinski definition) is 4. The number of rotatable bonds is 11. The Kier molecular flexibility index (Phi) is 10.4. The van der Waals surface area contributed by atoms with Gasteiger partial charge in [0.25, 0.3) is 10.0 Å². The lowest BCUT2D eigenvalue weighted by Gasteiger charge is -2.32. The van der Waals surface area contributed by atoms with Crippen molar-refractivity contribution in [2.75, 3.05) is 10.8 Å². The van der Waals surface area contributed by atoms with E-state index in [-0.39, 0.29) is 23.4 Å². The molecule has 0 bridgehead atoms. The normalized spacial score (nSPS) is 12.9. The van der Waals surface area contributed by atoms with Gasteiger partial charge in [-0.25, -0.2) is 8.42 Å². The summed E-state index contributed by atoms with van der Waals surface area (Å²) in [6, 6.07) is 20.7. The molecule has 1 N–H and O–H groups in total. The van der Waals surface area contributed by atoms with Crippen molar-refractivity contribution < 1.29 is 18.0 Å². The molecule has 0 saturated carbocycles. The van der Waals surface area contributed by atoms with Crippen LogP contribution >= 0.6 is 27.5 Å². The Morgan fingerprint density at radius 2 is 1.55 bits per heavy atom. The lowest BCUT2D eigenvalue weighted by Crippen LogP contribution is -2.52. The molecule has 0 aliphatic carbocycles. The Bertz CT molecular complexity index is 1340. The summed E-state index contributed by atoms with van der Waals surface area (Å²) in [7, 11) is -4.13. The van der Waals surface area contributed by atoms with E-state index < -0.39 is 28.5 Å². The number of halogens is 2. The quantitative estimate of drug-likeness (QED) is 0.301. The number of nitrogens with zero attached hydrogens (tertiary/aromatic N) is 2. The van der Waals surface area contributed by atoms with E-state index >= 15 is 0 Å². The van der Waals surface area contributed by atoms with E-state index in [4.69, 9.17) is 11.6 Å². The Balaban J connectivity index is 1.99. The van der Waals surface area contributed by atoms with Crippen molar-refractivity contribution >= 4 is 55.1 Å². The molecule has 0 unspecified atom stereocenters. The molecule has 0 aliphatic heterocycles. The van der Waals surface area contributed by atoms with Crippen molar-refractivity contribution in [3.63, 3.8) is 0 Å². The summed E-state index contributed by atoms with van der Waals surface area (Å²) in [5.74, 6) is -0.822.